The average Bonchev–Trinajstić information content (AvgIpc) is 2.92. The van der Waals surface area contributed by atoms with Gasteiger partial charge in [0.1, 0.15) is 0 Å². The second-order valence-corrected chi connectivity index (χ2v) is 7.74. The lowest BCUT2D eigenvalue weighted by Gasteiger charge is -2.41. The van der Waals surface area contributed by atoms with Gasteiger partial charge in [-0.3, -0.25) is 0 Å². The molecule has 114 valence electrons. The third-order valence-corrected chi connectivity index (χ3v) is 5.83. The average molecular weight is 295 g/mol. The Kier molecular flexibility index (Phi) is 6.06. The second-order valence-electron chi connectivity index (χ2n) is 6.70. The maximum absolute atomic E-state index is 3.57. The van der Waals surface area contributed by atoms with Crippen molar-refractivity contribution in [3.63, 3.8) is 0 Å². The Hall–Kier alpha value is -0.380. The Morgan fingerprint density at radius 3 is 2.80 bits per heavy atom. The largest absolute Gasteiger partial charge is 0.317 e. The first-order valence-electron chi connectivity index (χ1n) is 7.98. The molecule has 1 saturated carbocycles. The standard InChI is InChI=1S/C17H30N2S/c1-13-10-14(2)16(17(11-13)18-3)12-19(4)8-7-15-6-5-9-20-15/h5-6,9,13-14,16-18H,7-8,10-12H2,1-4H3. The Labute approximate surface area is 128 Å². The first kappa shape index (κ1) is 16.0. The van der Waals surface area contributed by atoms with Crippen molar-refractivity contribution in [1.29, 1.82) is 0 Å². The zero-order chi connectivity index (χ0) is 14.5. The predicted molar refractivity (Wildman–Crippen MR) is 89.4 cm³/mol. The van der Waals surface area contributed by atoms with Crippen molar-refractivity contribution in [2.75, 3.05) is 27.2 Å². The summed E-state index contributed by atoms with van der Waals surface area (Å²) in [5.41, 5.74) is 0. The molecule has 2 nitrogen and oxygen atoms in total. The van der Waals surface area contributed by atoms with E-state index in [0.29, 0.717) is 6.04 Å². The highest BCUT2D eigenvalue weighted by Gasteiger charge is 2.33. The van der Waals surface area contributed by atoms with Crippen LogP contribution in [0.5, 0.6) is 0 Å². The van der Waals surface area contributed by atoms with E-state index in [0.717, 1.165) is 17.8 Å². The fourth-order valence-corrected chi connectivity index (χ4v) is 4.45. The van der Waals surface area contributed by atoms with Gasteiger partial charge in [-0.15, -0.1) is 11.3 Å². The third-order valence-electron chi connectivity index (χ3n) is 4.89. The summed E-state index contributed by atoms with van der Waals surface area (Å²) < 4.78 is 0. The monoisotopic (exact) mass is 294 g/mol. The minimum absolute atomic E-state index is 0.693. The van der Waals surface area contributed by atoms with Crippen LogP contribution in [0.3, 0.4) is 0 Å². The molecule has 20 heavy (non-hydrogen) atoms. The minimum Gasteiger partial charge on any atom is -0.317 e. The van der Waals surface area contributed by atoms with Crippen molar-refractivity contribution < 1.29 is 0 Å². The number of thiophene rings is 1. The van der Waals surface area contributed by atoms with E-state index in [1.54, 1.807) is 0 Å². The molecule has 0 bridgehead atoms. The molecule has 0 amide bonds. The van der Waals surface area contributed by atoms with Crippen LogP contribution in [0.25, 0.3) is 0 Å². The van der Waals surface area contributed by atoms with Crippen LogP contribution in [0.15, 0.2) is 17.5 Å². The van der Waals surface area contributed by atoms with Crippen LogP contribution in [0.2, 0.25) is 0 Å². The quantitative estimate of drug-likeness (QED) is 0.864. The molecule has 1 aromatic heterocycles. The Bertz CT molecular complexity index is 376. The van der Waals surface area contributed by atoms with E-state index < -0.39 is 0 Å². The van der Waals surface area contributed by atoms with E-state index >= 15 is 0 Å². The molecular weight excluding hydrogens is 264 g/mol. The topological polar surface area (TPSA) is 15.3 Å². The van der Waals surface area contributed by atoms with Crippen LogP contribution in [0, 0.1) is 17.8 Å². The molecular formula is C17H30N2S. The first-order valence-corrected chi connectivity index (χ1v) is 8.86. The molecule has 0 aliphatic heterocycles. The Balaban J connectivity index is 1.83. The highest BCUT2D eigenvalue weighted by Crippen LogP contribution is 2.34. The summed E-state index contributed by atoms with van der Waals surface area (Å²) in [4.78, 5) is 4.04. The number of hydrogen-bond donors (Lipinski definition) is 1. The number of likely N-dealkylation sites (N-methyl/N-ethyl adjacent to an activating group) is 1. The van der Waals surface area contributed by atoms with Gasteiger partial charge in [-0.25, -0.2) is 0 Å². The van der Waals surface area contributed by atoms with Crippen LogP contribution < -0.4 is 5.32 Å². The van der Waals surface area contributed by atoms with Crippen molar-refractivity contribution in [2.45, 2.75) is 39.2 Å². The minimum atomic E-state index is 0.693. The number of hydrogen-bond acceptors (Lipinski definition) is 3. The summed E-state index contributed by atoms with van der Waals surface area (Å²) in [5, 5.41) is 5.74. The molecule has 4 atom stereocenters. The summed E-state index contributed by atoms with van der Waals surface area (Å²) in [6.45, 7) is 7.25. The molecule has 3 heteroatoms. The van der Waals surface area contributed by atoms with Crippen LogP contribution in [0.4, 0.5) is 0 Å². The van der Waals surface area contributed by atoms with E-state index in [-0.39, 0.29) is 0 Å². The summed E-state index contributed by atoms with van der Waals surface area (Å²) in [6.07, 6.45) is 3.92. The van der Waals surface area contributed by atoms with Gasteiger partial charge in [0, 0.05) is 24.0 Å². The molecule has 1 fully saturated rings. The SMILES string of the molecule is CNC1CC(C)CC(C)C1CN(C)CCc1cccs1. The summed E-state index contributed by atoms with van der Waals surface area (Å²) in [6, 6.07) is 5.10. The fourth-order valence-electron chi connectivity index (χ4n) is 3.76. The van der Waals surface area contributed by atoms with Gasteiger partial charge in [-0.05, 0) is 62.6 Å². The molecule has 2 rings (SSSR count). The maximum Gasteiger partial charge on any atom is 0.0110 e. The van der Waals surface area contributed by atoms with E-state index in [2.05, 4.69) is 55.7 Å². The van der Waals surface area contributed by atoms with Gasteiger partial charge >= 0.3 is 0 Å². The highest BCUT2D eigenvalue weighted by atomic mass is 32.1. The predicted octanol–water partition coefficient (Wildman–Crippen LogP) is 3.49. The van der Waals surface area contributed by atoms with Crippen molar-refractivity contribution in [3.05, 3.63) is 22.4 Å². The van der Waals surface area contributed by atoms with Crippen molar-refractivity contribution in [3.8, 4) is 0 Å². The zero-order valence-electron chi connectivity index (χ0n) is 13.4. The molecule has 1 aliphatic carbocycles. The molecule has 1 aliphatic rings. The van der Waals surface area contributed by atoms with Crippen molar-refractivity contribution in [1.82, 2.24) is 10.2 Å². The fraction of sp³-hybridized carbons (Fsp3) is 0.765. The van der Waals surface area contributed by atoms with E-state index in [1.807, 2.05) is 11.3 Å². The normalized spacial score (nSPS) is 30.9. The van der Waals surface area contributed by atoms with Gasteiger partial charge in [-0.1, -0.05) is 19.9 Å². The molecule has 0 saturated heterocycles. The van der Waals surface area contributed by atoms with E-state index in [1.165, 1.54) is 37.2 Å². The number of nitrogens with zero attached hydrogens (tertiary/aromatic N) is 1. The summed E-state index contributed by atoms with van der Waals surface area (Å²) in [5.74, 6) is 2.50. The smallest absolute Gasteiger partial charge is 0.0110 e. The van der Waals surface area contributed by atoms with Gasteiger partial charge in [0.25, 0.3) is 0 Å². The molecule has 0 aromatic carbocycles. The third kappa shape index (κ3) is 4.31. The molecule has 1 heterocycles. The van der Waals surface area contributed by atoms with Crippen LogP contribution >= 0.6 is 11.3 Å². The summed E-state index contributed by atoms with van der Waals surface area (Å²) >= 11 is 1.88. The van der Waals surface area contributed by atoms with Gasteiger partial charge < -0.3 is 10.2 Å². The van der Waals surface area contributed by atoms with E-state index in [9.17, 15) is 0 Å². The van der Waals surface area contributed by atoms with Gasteiger partial charge in [0.2, 0.25) is 0 Å². The number of nitrogens with one attached hydrogen (secondary N) is 1. The van der Waals surface area contributed by atoms with Crippen molar-refractivity contribution >= 4 is 11.3 Å². The molecule has 1 N–H and O–H groups in total. The lowest BCUT2D eigenvalue weighted by molar-refractivity contribution is 0.116. The molecule has 0 spiro atoms. The van der Waals surface area contributed by atoms with Crippen molar-refractivity contribution in [2.24, 2.45) is 17.8 Å². The van der Waals surface area contributed by atoms with E-state index in [4.69, 9.17) is 0 Å². The Morgan fingerprint density at radius 1 is 1.35 bits per heavy atom. The molecule has 4 unspecified atom stereocenters. The van der Waals surface area contributed by atoms with Crippen LogP contribution in [-0.2, 0) is 6.42 Å². The highest BCUT2D eigenvalue weighted by molar-refractivity contribution is 7.09. The lowest BCUT2D eigenvalue weighted by atomic mass is 9.72. The second kappa shape index (κ2) is 7.58. The van der Waals surface area contributed by atoms with Crippen LogP contribution in [-0.4, -0.2) is 38.1 Å². The molecule has 0 radical (unpaired) electrons. The van der Waals surface area contributed by atoms with Gasteiger partial charge in [-0.2, -0.15) is 0 Å². The molecule has 1 aromatic rings. The Morgan fingerprint density at radius 2 is 2.15 bits per heavy atom. The maximum atomic E-state index is 3.57. The first-order chi connectivity index (χ1) is 9.60. The lowest BCUT2D eigenvalue weighted by Crippen LogP contribution is -2.47. The van der Waals surface area contributed by atoms with Crippen LogP contribution in [0.1, 0.15) is 31.6 Å². The van der Waals surface area contributed by atoms with Gasteiger partial charge in [0.15, 0.2) is 0 Å². The summed E-state index contributed by atoms with van der Waals surface area (Å²) in [7, 11) is 4.42. The number of rotatable bonds is 6. The van der Waals surface area contributed by atoms with Gasteiger partial charge in [0.05, 0.1) is 0 Å². The zero-order valence-corrected chi connectivity index (χ0v) is 14.2.